The summed E-state index contributed by atoms with van der Waals surface area (Å²) < 4.78 is 0. The van der Waals surface area contributed by atoms with Gasteiger partial charge >= 0.3 is 0 Å². The van der Waals surface area contributed by atoms with Gasteiger partial charge in [-0.3, -0.25) is 10.2 Å². The molecule has 0 spiro atoms. The predicted molar refractivity (Wildman–Crippen MR) is 63.6 cm³/mol. The Morgan fingerprint density at radius 3 is 3.12 bits per heavy atom. The van der Waals surface area contributed by atoms with Crippen molar-refractivity contribution >= 4 is 5.95 Å². The van der Waals surface area contributed by atoms with Crippen LogP contribution in [0.1, 0.15) is 6.92 Å². The fourth-order valence-electron chi connectivity index (χ4n) is 2.02. The van der Waals surface area contributed by atoms with Gasteiger partial charge in [-0.15, -0.1) is 5.10 Å². The van der Waals surface area contributed by atoms with E-state index in [-0.39, 0.29) is 0 Å². The van der Waals surface area contributed by atoms with E-state index in [1.165, 1.54) is 0 Å². The van der Waals surface area contributed by atoms with Crippen molar-refractivity contribution < 1.29 is 0 Å². The molecule has 1 saturated heterocycles. The number of hydrogen-bond acceptors (Lipinski definition) is 5. The van der Waals surface area contributed by atoms with Crippen molar-refractivity contribution in [2.45, 2.75) is 13.0 Å². The van der Waals surface area contributed by atoms with Gasteiger partial charge in [-0.1, -0.05) is 0 Å². The van der Waals surface area contributed by atoms with Crippen LogP contribution in [0.4, 0.5) is 5.95 Å². The number of piperazine rings is 1. The summed E-state index contributed by atoms with van der Waals surface area (Å²) in [5.74, 6) is 1.48. The number of aromatic nitrogens is 5. The molecule has 1 aliphatic heterocycles. The minimum atomic E-state index is 0.470. The topological polar surface area (TPSA) is 85.5 Å². The number of anilines is 1. The van der Waals surface area contributed by atoms with Crippen LogP contribution in [0.15, 0.2) is 12.3 Å². The molecule has 2 aromatic heterocycles. The van der Waals surface area contributed by atoms with Crippen molar-refractivity contribution in [1.82, 2.24) is 30.7 Å². The number of H-pyrrole nitrogens is 2. The van der Waals surface area contributed by atoms with Crippen LogP contribution in [0.3, 0.4) is 0 Å². The standard InChI is InChI=1S/C10H15N7/c1-7-6-17(5-4-11-7)10-13-9(15-16-10)8-2-3-12-14-8/h2-3,7,11H,4-6H2,1H3,(H,12,14)(H,13,15,16). The molecule has 0 saturated carbocycles. The SMILES string of the molecule is CC1CN(c2n[nH]c(-c3ccn[nH]3)n2)CCN1. The Morgan fingerprint density at radius 1 is 1.41 bits per heavy atom. The van der Waals surface area contributed by atoms with Crippen molar-refractivity contribution in [2.24, 2.45) is 0 Å². The Labute approximate surface area is 98.6 Å². The van der Waals surface area contributed by atoms with Crippen LogP contribution in [-0.2, 0) is 0 Å². The minimum Gasteiger partial charge on any atom is -0.337 e. The molecule has 1 aliphatic rings. The summed E-state index contributed by atoms with van der Waals surface area (Å²) in [4.78, 5) is 6.65. The van der Waals surface area contributed by atoms with Crippen LogP contribution in [0.2, 0.25) is 0 Å². The van der Waals surface area contributed by atoms with Gasteiger partial charge < -0.3 is 10.2 Å². The Morgan fingerprint density at radius 2 is 2.35 bits per heavy atom. The highest BCUT2D eigenvalue weighted by Gasteiger charge is 2.19. The summed E-state index contributed by atoms with van der Waals surface area (Å²) >= 11 is 0. The number of nitrogens with zero attached hydrogens (tertiary/aromatic N) is 4. The molecule has 1 fully saturated rings. The number of hydrogen-bond donors (Lipinski definition) is 3. The second-order valence-electron chi connectivity index (χ2n) is 4.26. The summed E-state index contributed by atoms with van der Waals surface area (Å²) in [6, 6.07) is 2.34. The first-order valence-corrected chi connectivity index (χ1v) is 5.73. The largest absolute Gasteiger partial charge is 0.337 e. The third-order valence-corrected chi connectivity index (χ3v) is 2.88. The molecule has 17 heavy (non-hydrogen) atoms. The molecule has 0 radical (unpaired) electrons. The maximum absolute atomic E-state index is 4.47. The number of nitrogens with one attached hydrogen (secondary N) is 3. The van der Waals surface area contributed by atoms with E-state index in [9.17, 15) is 0 Å². The van der Waals surface area contributed by atoms with Gasteiger partial charge in [0.25, 0.3) is 0 Å². The van der Waals surface area contributed by atoms with Gasteiger partial charge in [0, 0.05) is 31.9 Å². The van der Waals surface area contributed by atoms with Crippen LogP contribution in [0, 0.1) is 0 Å². The summed E-state index contributed by atoms with van der Waals surface area (Å²) in [7, 11) is 0. The van der Waals surface area contributed by atoms with Crippen molar-refractivity contribution in [3.05, 3.63) is 12.3 Å². The Balaban J connectivity index is 1.80. The highest BCUT2D eigenvalue weighted by atomic mass is 15.4. The molecule has 3 N–H and O–H groups in total. The fourth-order valence-corrected chi connectivity index (χ4v) is 2.02. The zero-order valence-electron chi connectivity index (χ0n) is 9.64. The average molecular weight is 233 g/mol. The van der Waals surface area contributed by atoms with E-state index in [2.05, 4.69) is 42.5 Å². The minimum absolute atomic E-state index is 0.470. The van der Waals surface area contributed by atoms with Crippen molar-refractivity contribution in [2.75, 3.05) is 24.5 Å². The van der Waals surface area contributed by atoms with Crippen LogP contribution in [0.25, 0.3) is 11.5 Å². The first-order chi connectivity index (χ1) is 8.33. The first-order valence-electron chi connectivity index (χ1n) is 5.73. The third-order valence-electron chi connectivity index (χ3n) is 2.88. The molecule has 0 aromatic carbocycles. The smallest absolute Gasteiger partial charge is 0.245 e. The second-order valence-corrected chi connectivity index (χ2v) is 4.26. The second kappa shape index (κ2) is 4.17. The maximum Gasteiger partial charge on any atom is 0.245 e. The van der Waals surface area contributed by atoms with E-state index in [0.717, 1.165) is 37.1 Å². The molecular weight excluding hydrogens is 218 g/mol. The fraction of sp³-hybridized carbons (Fsp3) is 0.500. The maximum atomic E-state index is 4.47. The van der Waals surface area contributed by atoms with E-state index in [0.29, 0.717) is 6.04 Å². The molecule has 3 rings (SSSR count). The molecule has 1 atom stereocenters. The molecular formula is C10H15N7. The monoisotopic (exact) mass is 233 g/mol. The molecule has 2 aromatic rings. The first kappa shape index (κ1) is 10.3. The molecule has 1 unspecified atom stereocenters. The predicted octanol–water partition coefficient (Wildman–Crippen LogP) is -0.00710. The van der Waals surface area contributed by atoms with Crippen molar-refractivity contribution in [1.29, 1.82) is 0 Å². The summed E-state index contributed by atoms with van der Waals surface area (Å²) in [5, 5.41) is 17.3. The average Bonchev–Trinajstić information content (AvgIpc) is 3.00. The van der Waals surface area contributed by atoms with Gasteiger partial charge in [0.05, 0.1) is 0 Å². The van der Waals surface area contributed by atoms with Gasteiger partial charge in [0.1, 0.15) is 5.69 Å². The Bertz CT molecular complexity index is 475. The number of rotatable bonds is 2. The van der Waals surface area contributed by atoms with Gasteiger partial charge in [-0.25, -0.2) is 0 Å². The van der Waals surface area contributed by atoms with Crippen LogP contribution < -0.4 is 10.2 Å². The summed E-state index contributed by atoms with van der Waals surface area (Å²) in [6.07, 6.45) is 1.70. The molecule has 0 amide bonds. The van der Waals surface area contributed by atoms with E-state index < -0.39 is 0 Å². The van der Waals surface area contributed by atoms with Crippen molar-refractivity contribution in [3.8, 4) is 11.5 Å². The van der Waals surface area contributed by atoms with Gasteiger partial charge in [0.15, 0.2) is 5.82 Å². The highest BCUT2D eigenvalue weighted by Crippen LogP contribution is 2.15. The van der Waals surface area contributed by atoms with Gasteiger partial charge in [-0.2, -0.15) is 10.1 Å². The molecule has 3 heterocycles. The zero-order chi connectivity index (χ0) is 11.7. The van der Waals surface area contributed by atoms with E-state index in [1.807, 2.05) is 6.07 Å². The Hall–Kier alpha value is -1.89. The lowest BCUT2D eigenvalue weighted by molar-refractivity contribution is 0.480. The van der Waals surface area contributed by atoms with E-state index in [4.69, 9.17) is 0 Å². The van der Waals surface area contributed by atoms with Crippen LogP contribution in [0.5, 0.6) is 0 Å². The lowest BCUT2D eigenvalue weighted by Crippen LogP contribution is -2.49. The number of aromatic amines is 2. The molecule has 7 nitrogen and oxygen atoms in total. The molecule has 7 heteroatoms. The normalized spacial score (nSPS) is 20.8. The highest BCUT2D eigenvalue weighted by molar-refractivity contribution is 5.50. The van der Waals surface area contributed by atoms with E-state index in [1.54, 1.807) is 6.20 Å². The quantitative estimate of drug-likeness (QED) is 0.679. The lowest BCUT2D eigenvalue weighted by atomic mass is 10.2. The zero-order valence-corrected chi connectivity index (χ0v) is 9.64. The van der Waals surface area contributed by atoms with E-state index >= 15 is 0 Å². The third kappa shape index (κ3) is 2.01. The molecule has 90 valence electrons. The molecule has 0 aliphatic carbocycles. The van der Waals surface area contributed by atoms with Gasteiger partial charge in [0.2, 0.25) is 5.95 Å². The summed E-state index contributed by atoms with van der Waals surface area (Å²) in [5.41, 5.74) is 0.854. The van der Waals surface area contributed by atoms with Crippen molar-refractivity contribution in [3.63, 3.8) is 0 Å². The van der Waals surface area contributed by atoms with Crippen LogP contribution >= 0.6 is 0 Å². The van der Waals surface area contributed by atoms with Crippen LogP contribution in [-0.4, -0.2) is 51.1 Å². The van der Waals surface area contributed by atoms with Gasteiger partial charge in [-0.05, 0) is 13.0 Å². The molecule has 0 bridgehead atoms. The Kier molecular flexibility index (Phi) is 2.52. The summed E-state index contributed by atoms with van der Waals surface area (Å²) in [6.45, 7) is 4.99. The lowest BCUT2D eigenvalue weighted by Gasteiger charge is -2.30.